The number of hydrogen-bond donors (Lipinski definition) is 0. The number of halogens is 4. The first-order chi connectivity index (χ1) is 14.9. The molecule has 0 saturated heterocycles. The monoisotopic (exact) mass is 511 g/mol. The van der Waals surface area contributed by atoms with Gasteiger partial charge in [-0.3, -0.25) is 4.79 Å². The van der Waals surface area contributed by atoms with Crippen LogP contribution in [-0.4, -0.2) is 17.1 Å². The molecule has 8 heteroatoms. The highest BCUT2D eigenvalue weighted by molar-refractivity contribution is 9.10. The van der Waals surface area contributed by atoms with Crippen molar-refractivity contribution in [2.45, 2.75) is 52.4 Å². The molecule has 0 unspecified atom stereocenters. The van der Waals surface area contributed by atoms with E-state index in [2.05, 4.69) is 15.9 Å². The van der Waals surface area contributed by atoms with Crippen LogP contribution in [0.3, 0.4) is 0 Å². The van der Waals surface area contributed by atoms with Gasteiger partial charge in [0.25, 0.3) is 0 Å². The second-order valence-electron chi connectivity index (χ2n) is 8.42. The van der Waals surface area contributed by atoms with Crippen LogP contribution < -0.4 is 4.74 Å². The van der Waals surface area contributed by atoms with Crippen LogP contribution in [0.25, 0.3) is 10.9 Å². The Bertz CT molecular complexity index is 1130. The van der Waals surface area contributed by atoms with Crippen molar-refractivity contribution >= 4 is 32.8 Å². The molecule has 32 heavy (non-hydrogen) atoms. The first-order valence-corrected chi connectivity index (χ1v) is 11.0. The summed E-state index contributed by atoms with van der Waals surface area (Å²) in [5.41, 5.74) is 0.380. The van der Waals surface area contributed by atoms with Crippen LogP contribution in [-0.2, 0) is 34.3 Å². The average molecular weight is 512 g/mol. The van der Waals surface area contributed by atoms with Gasteiger partial charge in [0.2, 0.25) is 0 Å². The summed E-state index contributed by atoms with van der Waals surface area (Å²) in [4.78, 5) is 11.9. The van der Waals surface area contributed by atoms with E-state index in [1.165, 1.54) is 10.6 Å². The Balaban J connectivity index is 1.96. The molecule has 3 rings (SSSR count). The third kappa shape index (κ3) is 5.28. The van der Waals surface area contributed by atoms with Crippen molar-refractivity contribution in [2.24, 2.45) is 0 Å². The molecule has 0 radical (unpaired) electrons. The number of benzene rings is 2. The summed E-state index contributed by atoms with van der Waals surface area (Å²) in [5.74, 6) is 0.175. The van der Waals surface area contributed by atoms with E-state index in [1.807, 2.05) is 0 Å². The summed E-state index contributed by atoms with van der Waals surface area (Å²) in [6, 6.07) is 11.8. The zero-order valence-corrected chi connectivity index (χ0v) is 19.9. The van der Waals surface area contributed by atoms with Gasteiger partial charge in [-0.15, -0.1) is 0 Å². The van der Waals surface area contributed by atoms with E-state index < -0.39 is 17.4 Å². The Labute approximate surface area is 193 Å². The number of nitrogens with zero attached hydrogens (tertiary/aromatic N) is 1. The zero-order valence-electron chi connectivity index (χ0n) is 18.3. The third-order valence-corrected chi connectivity index (χ3v) is 5.55. The van der Waals surface area contributed by atoms with E-state index >= 15 is 0 Å². The Kier molecular flexibility index (Phi) is 6.93. The fraction of sp³-hybridized carbons (Fsp3) is 0.375. The van der Waals surface area contributed by atoms with Crippen molar-refractivity contribution in [3.05, 3.63) is 63.8 Å². The topological polar surface area (TPSA) is 40.5 Å². The highest BCUT2D eigenvalue weighted by Crippen LogP contribution is 2.40. The van der Waals surface area contributed by atoms with E-state index in [-0.39, 0.29) is 19.0 Å². The van der Waals surface area contributed by atoms with Gasteiger partial charge in [0, 0.05) is 21.0 Å². The molecule has 0 fully saturated rings. The van der Waals surface area contributed by atoms with Gasteiger partial charge in [-0.25, -0.2) is 0 Å². The van der Waals surface area contributed by atoms with Crippen LogP contribution in [0, 0.1) is 0 Å². The molecule has 3 aromatic rings. The minimum atomic E-state index is -4.48. The Hall–Kier alpha value is -2.48. The number of esters is 1. The second-order valence-corrected chi connectivity index (χ2v) is 9.28. The van der Waals surface area contributed by atoms with Crippen LogP contribution in [0.15, 0.2) is 46.9 Å². The fourth-order valence-electron chi connectivity index (χ4n) is 3.65. The Morgan fingerprint density at radius 2 is 1.78 bits per heavy atom. The molecular weight excluding hydrogens is 487 g/mol. The van der Waals surface area contributed by atoms with Crippen LogP contribution in [0.4, 0.5) is 13.2 Å². The number of alkyl halides is 3. The smallest absolute Gasteiger partial charge is 0.431 e. The normalized spacial score (nSPS) is 12.2. The second kappa shape index (κ2) is 9.17. The third-order valence-electron chi connectivity index (χ3n) is 4.90. The molecule has 0 saturated carbocycles. The lowest BCUT2D eigenvalue weighted by Gasteiger charge is -2.27. The summed E-state index contributed by atoms with van der Waals surface area (Å²) in [6.07, 6.45) is -4.40. The van der Waals surface area contributed by atoms with Gasteiger partial charge in [0.15, 0.2) is 0 Å². The first kappa shape index (κ1) is 24.2. The van der Waals surface area contributed by atoms with Crippen LogP contribution in [0.2, 0.25) is 0 Å². The average Bonchev–Trinajstić information content (AvgIpc) is 3.08. The Morgan fingerprint density at radius 3 is 2.41 bits per heavy atom. The highest BCUT2D eigenvalue weighted by Gasteiger charge is 2.38. The van der Waals surface area contributed by atoms with E-state index in [0.29, 0.717) is 38.9 Å². The Morgan fingerprint density at radius 1 is 1.09 bits per heavy atom. The predicted molar refractivity (Wildman–Crippen MR) is 121 cm³/mol. The van der Waals surface area contributed by atoms with Crippen LogP contribution in [0.1, 0.15) is 44.5 Å². The molecular formula is C24H25BrF3NO3. The maximum absolute atomic E-state index is 13.7. The number of hydrogen-bond acceptors (Lipinski definition) is 3. The largest absolute Gasteiger partial charge is 0.489 e. The van der Waals surface area contributed by atoms with Gasteiger partial charge in [0.05, 0.1) is 18.5 Å². The van der Waals surface area contributed by atoms with Gasteiger partial charge in [-0.05, 0) is 57.5 Å². The number of ether oxygens (including phenoxy) is 2. The number of carbonyl (C=O) groups is 1. The fourth-order valence-corrected chi connectivity index (χ4v) is 4.26. The molecule has 0 aliphatic rings. The van der Waals surface area contributed by atoms with E-state index in [1.54, 1.807) is 64.1 Å². The molecule has 0 N–H and O–H groups in total. The summed E-state index contributed by atoms with van der Waals surface area (Å²) < 4.78 is 54.0. The molecule has 0 aliphatic heterocycles. The highest BCUT2D eigenvalue weighted by atomic mass is 79.9. The summed E-state index contributed by atoms with van der Waals surface area (Å²) in [6.45, 7) is 7.39. The summed E-state index contributed by atoms with van der Waals surface area (Å²) in [7, 11) is 0. The first-order valence-electron chi connectivity index (χ1n) is 10.2. The number of fused-ring (bicyclic) bond motifs is 1. The minimum absolute atomic E-state index is 0.0779. The van der Waals surface area contributed by atoms with E-state index in [9.17, 15) is 18.0 Å². The maximum atomic E-state index is 13.7. The molecule has 0 bridgehead atoms. The van der Waals surface area contributed by atoms with Crippen molar-refractivity contribution in [3.63, 3.8) is 0 Å². The van der Waals surface area contributed by atoms with Crippen molar-refractivity contribution in [2.75, 3.05) is 6.61 Å². The molecule has 0 aliphatic carbocycles. The summed E-state index contributed by atoms with van der Waals surface area (Å²) >= 11 is 3.42. The lowest BCUT2D eigenvalue weighted by atomic mass is 10.1. The predicted octanol–water partition coefficient (Wildman–Crippen LogP) is 6.86. The van der Waals surface area contributed by atoms with Gasteiger partial charge < -0.3 is 14.0 Å². The quantitative estimate of drug-likeness (QED) is 0.339. The van der Waals surface area contributed by atoms with Crippen molar-refractivity contribution in [1.29, 1.82) is 0 Å². The SMILES string of the molecule is CCOC(=O)Cc1ccccc1OCc1cc(Br)c2cc(C(F)(F)F)n(C(C)(C)C)c2c1. The standard InChI is InChI=1S/C24H25BrF3NO3/c1-5-31-22(30)12-16-8-6-7-9-20(16)32-14-15-10-18(25)17-13-21(24(26,27)28)29(19(17)11-15)23(2,3)4/h6-11,13H,5,12,14H2,1-4H3. The van der Waals surface area contributed by atoms with E-state index in [0.717, 1.165) is 0 Å². The molecule has 0 atom stereocenters. The van der Waals surface area contributed by atoms with Crippen molar-refractivity contribution in [3.8, 4) is 5.75 Å². The van der Waals surface area contributed by atoms with Gasteiger partial charge in [-0.2, -0.15) is 13.2 Å². The van der Waals surface area contributed by atoms with Crippen LogP contribution >= 0.6 is 15.9 Å². The van der Waals surface area contributed by atoms with Gasteiger partial charge in [0.1, 0.15) is 18.1 Å². The zero-order chi connectivity index (χ0) is 23.7. The molecule has 0 spiro atoms. The molecule has 1 heterocycles. The maximum Gasteiger partial charge on any atom is 0.431 e. The number of para-hydroxylation sites is 1. The van der Waals surface area contributed by atoms with E-state index in [4.69, 9.17) is 9.47 Å². The van der Waals surface area contributed by atoms with Crippen LogP contribution in [0.5, 0.6) is 5.75 Å². The van der Waals surface area contributed by atoms with Gasteiger partial charge >= 0.3 is 12.1 Å². The molecule has 4 nitrogen and oxygen atoms in total. The molecule has 1 aromatic heterocycles. The number of aromatic nitrogens is 1. The van der Waals surface area contributed by atoms with Gasteiger partial charge in [-0.1, -0.05) is 34.1 Å². The molecule has 2 aromatic carbocycles. The number of carbonyl (C=O) groups excluding carboxylic acids is 1. The lowest BCUT2D eigenvalue weighted by molar-refractivity contribution is -0.145. The lowest BCUT2D eigenvalue weighted by Crippen LogP contribution is -2.27. The van der Waals surface area contributed by atoms with Crippen molar-refractivity contribution < 1.29 is 27.4 Å². The number of rotatable bonds is 6. The summed E-state index contributed by atoms with van der Waals surface area (Å²) in [5, 5.41) is 0.485. The van der Waals surface area contributed by atoms with Crippen molar-refractivity contribution in [1.82, 2.24) is 4.57 Å². The molecule has 0 amide bonds. The minimum Gasteiger partial charge on any atom is -0.489 e. The molecule has 172 valence electrons.